The lowest BCUT2D eigenvalue weighted by Crippen LogP contribution is -2.24. The third kappa shape index (κ3) is 5.48. The predicted octanol–water partition coefficient (Wildman–Crippen LogP) is 4.07. The summed E-state index contributed by atoms with van der Waals surface area (Å²) >= 11 is 8.62. The monoisotopic (exact) mass is 437 g/mol. The fourth-order valence-corrected chi connectivity index (χ4v) is 3.93. The largest absolute Gasteiger partial charge is 0.346 e. The van der Waals surface area contributed by atoms with Crippen molar-refractivity contribution in [3.63, 3.8) is 0 Å². The van der Waals surface area contributed by atoms with Gasteiger partial charge in [-0.05, 0) is 44.0 Å². The van der Waals surface area contributed by atoms with E-state index in [4.69, 9.17) is 11.6 Å². The Kier molecular flexibility index (Phi) is 6.95. The van der Waals surface area contributed by atoms with Gasteiger partial charge in [0.25, 0.3) is 5.91 Å². The zero-order chi connectivity index (χ0) is 20.1. The van der Waals surface area contributed by atoms with E-state index in [2.05, 4.69) is 25.0 Å². The molecule has 0 aliphatic heterocycles. The number of aromatic nitrogens is 3. The highest BCUT2D eigenvalue weighted by atomic mass is 35.5. The second-order valence-electron chi connectivity index (χ2n) is 5.81. The Morgan fingerprint density at radius 1 is 1.25 bits per heavy atom. The minimum Gasteiger partial charge on any atom is -0.346 e. The first-order valence-corrected chi connectivity index (χ1v) is 10.3. The van der Waals surface area contributed by atoms with Gasteiger partial charge in [0, 0.05) is 16.0 Å². The van der Waals surface area contributed by atoms with Gasteiger partial charge in [0.05, 0.1) is 40.7 Å². The van der Waals surface area contributed by atoms with Gasteiger partial charge in [-0.15, -0.1) is 11.3 Å². The van der Waals surface area contributed by atoms with E-state index < -0.39 is 5.82 Å². The van der Waals surface area contributed by atoms with Crippen molar-refractivity contribution in [3.05, 3.63) is 68.4 Å². The summed E-state index contributed by atoms with van der Waals surface area (Å²) in [6, 6.07) is 4.50. The van der Waals surface area contributed by atoms with Gasteiger partial charge in [-0.3, -0.25) is 14.5 Å². The van der Waals surface area contributed by atoms with Crippen LogP contribution >= 0.6 is 34.9 Å². The normalized spacial score (nSPS) is 10.9. The van der Waals surface area contributed by atoms with Crippen molar-refractivity contribution < 1.29 is 9.18 Å². The average molecular weight is 438 g/mol. The maximum Gasteiger partial charge on any atom is 0.271 e. The van der Waals surface area contributed by atoms with Crippen LogP contribution in [-0.4, -0.2) is 20.9 Å². The lowest BCUT2D eigenvalue weighted by Gasteiger charge is -2.08. The molecule has 0 unspecified atom stereocenters. The summed E-state index contributed by atoms with van der Waals surface area (Å²) in [5, 5.41) is 3.85. The van der Waals surface area contributed by atoms with E-state index in [1.165, 1.54) is 35.5 Å². The molecule has 28 heavy (non-hydrogen) atoms. The van der Waals surface area contributed by atoms with Gasteiger partial charge in [0.15, 0.2) is 0 Å². The minimum absolute atomic E-state index is 0.0756. The summed E-state index contributed by atoms with van der Waals surface area (Å²) in [6.07, 6.45) is 3.20. The molecule has 0 fully saturated rings. The van der Waals surface area contributed by atoms with E-state index in [1.807, 2.05) is 6.92 Å². The maximum absolute atomic E-state index is 13.2. The van der Waals surface area contributed by atoms with Crippen LogP contribution in [-0.2, 0) is 13.1 Å². The fraction of sp³-hybridized carbons (Fsp3) is 0.222. The lowest BCUT2D eigenvalue weighted by molar-refractivity contribution is 0.0945. The highest BCUT2D eigenvalue weighted by molar-refractivity contribution is 7.97. The van der Waals surface area contributed by atoms with E-state index in [9.17, 15) is 9.18 Å². The molecule has 0 aliphatic rings. The molecule has 3 aromatic rings. The molecule has 6 nitrogen and oxygen atoms in total. The number of thiazole rings is 1. The zero-order valence-corrected chi connectivity index (χ0v) is 17.5. The van der Waals surface area contributed by atoms with Crippen molar-refractivity contribution in [2.24, 2.45) is 0 Å². The molecule has 0 atom stereocenters. The molecule has 0 aliphatic carbocycles. The average Bonchev–Trinajstić information content (AvgIpc) is 3.09. The molecule has 2 aromatic heterocycles. The lowest BCUT2D eigenvalue weighted by atomic mass is 10.3. The van der Waals surface area contributed by atoms with Crippen LogP contribution in [0.4, 0.5) is 4.39 Å². The summed E-state index contributed by atoms with van der Waals surface area (Å²) in [5.74, 6) is -0.733. The molecule has 0 saturated heterocycles. The molecular formula is C18H17ClFN5OS2. The number of carbonyl (C=O) groups excluding carboxylic acids is 1. The van der Waals surface area contributed by atoms with Crippen molar-refractivity contribution in [3.8, 4) is 0 Å². The predicted molar refractivity (Wildman–Crippen MR) is 109 cm³/mol. The van der Waals surface area contributed by atoms with Crippen molar-refractivity contribution >= 4 is 40.8 Å². The van der Waals surface area contributed by atoms with Gasteiger partial charge >= 0.3 is 0 Å². The first kappa shape index (κ1) is 20.7. The topological polar surface area (TPSA) is 79.8 Å². The van der Waals surface area contributed by atoms with Crippen LogP contribution in [0.25, 0.3) is 0 Å². The Bertz CT molecular complexity index is 998. The third-order valence-electron chi connectivity index (χ3n) is 3.69. The van der Waals surface area contributed by atoms with Crippen molar-refractivity contribution in [2.75, 3.05) is 0 Å². The number of carbonyl (C=O) groups is 1. The van der Waals surface area contributed by atoms with Gasteiger partial charge in [-0.1, -0.05) is 11.6 Å². The Morgan fingerprint density at radius 2 is 2.07 bits per heavy atom. The Balaban J connectivity index is 1.54. The van der Waals surface area contributed by atoms with Gasteiger partial charge in [0.2, 0.25) is 0 Å². The van der Waals surface area contributed by atoms with Crippen molar-refractivity contribution in [1.29, 1.82) is 0 Å². The summed E-state index contributed by atoms with van der Waals surface area (Å²) in [5.41, 5.74) is 1.64. The molecule has 146 valence electrons. The standard InChI is InChI=1S/C18H17ClFN5OS2/c1-10-16(9-24-28-12-3-4-15(20)14(19)5-12)22-8-17(25-10)18(26)23-7-13-6-21-11(2)27-13/h3-6,8,24H,7,9H2,1-2H3,(H,23,26). The number of hydrogen-bond acceptors (Lipinski definition) is 7. The molecule has 1 amide bonds. The summed E-state index contributed by atoms with van der Waals surface area (Å²) in [6.45, 7) is 4.55. The molecule has 10 heteroatoms. The molecule has 0 bridgehead atoms. The number of nitrogens with one attached hydrogen (secondary N) is 2. The quantitative estimate of drug-likeness (QED) is 0.542. The van der Waals surface area contributed by atoms with Crippen LogP contribution < -0.4 is 10.0 Å². The van der Waals surface area contributed by atoms with Crippen molar-refractivity contribution in [1.82, 2.24) is 25.0 Å². The minimum atomic E-state index is -0.452. The number of nitrogens with zero attached hydrogens (tertiary/aromatic N) is 3. The number of halogens is 2. The van der Waals surface area contributed by atoms with Crippen LogP contribution in [0.15, 0.2) is 35.5 Å². The van der Waals surface area contributed by atoms with Crippen LogP contribution in [0.1, 0.15) is 31.8 Å². The Morgan fingerprint density at radius 3 is 2.75 bits per heavy atom. The van der Waals surface area contributed by atoms with Crippen molar-refractivity contribution in [2.45, 2.75) is 31.8 Å². The highest BCUT2D eigenvalue weighted by Crippen LogP contribution is 2.22. The second kappa shape index (κ2) is 9.42. The number of benzene rings is 1. The molecule has 3 rings (SSSR count). The molecule has 0 spiro atoms. The number of aryl methyl sites for hydroxylation is 2. The van der Waals surface area contributed by atoms with Crippen LogP contribution in [0.3, 0.4) is 0 Å². The molecule has 0 saturated carbocycles. The SMILES string of the molecule is Cc1ncc(CNC(=O)c2cnc(CNSc3ccc(F)c(Cl)c3)c(C)n2)s1. The third-order valence-corrected chi connectivity index (χ3v) is 5.67. The van der Waals surface area contributed by atoms with Gasteiger partial charge in [-0.25, -0.2) is 14.4 Å². The number of rotatable bonds is 7. The maximum atomic E-state index is 13.2. The van der Waals surface area contributed by atoms with Gasteiger partial charge in [-0.2, -0.15) is 0 Å². The molecular weight excluding hydrogens is 421 g/mol. The van der Waals surface area contributed by atoms with Gasteiger partial charge in [0.1, 0.15) is 11.5 Å². The second-order valence-corrected chi connectivity index (χ2v) is 8.51. The number of amides is 1. The fourth-order valence-electron chi connectivity index (χ4n) is 2.26. The van der Waals surface area contributed by atoms with E-state index in [-0.39, 0.29) is 16.6 Å². The Labute approximate surface area is 175 Å². The van der Waals surface area contributed by atoms with Crippen LogP contribution in [0.5, 0.6) is 0 Å². The summed E-state index contributed by atoms with van der Waals surface area (Å²) in [4.78, 5) is 26.8. The van der Waals surface area contributed by atoms with Gasteiger partial charge < -0.3 is 5.32 Å². The van der Waals surface area contributed by atoms with E-state index >= 15 is 0 Å². The summed E-state index contributed by atoms with van der Waals surface area (Å²) < 4.78 is 16.3. The Hall–Kier alpha value is -2.07. The summed E-state index contributed by atoms with van der Waals surface area (Å²) in [7, 11) is 0. The smallest absolute Gasteiger partial charge is 0.271 e. The molecule has 1 aromatic carbocycles. The first-order chi connectivity index (χ1) is 13.4. The first-order valence-electron chi connectivity index (χ1n) is 8.29. The van der Waals surface area contributed by atoms with Crippen LogP contribution in [0, 0.1) is 19.7 Å². The van der Waals surface area contributed by atoms with E-state index in [1.54, 1.807) is 25.3 Å². The van der Waals surface area contributed by atoms with E-state index in [0.29, 0.717) is 18.8 Å². The van der Waals surface area contributed by atoms with E-state index in [0.717, 1.165) is 20.5 Å². The molecule has 0 radical (unpaired) electrons. The molecule has 2 heterocycles. The number of hydrogen-bond donors (Lipinski definition) is 2. The highest BCUT2D eigenvalue weighted by Gasteiger charge is 2.11. The van der Waals surface area contributed by atoms with Crippen LogP contribution in [0.2, 0.25) is 5.02 Å². The molecule has 2 N–H and O–H groups in total. The zero-order valence-electron chi connectivity index (χ0n) is 15.1.